The topological polar surface area (TPSA) is 35.5 Å². The zero-order valence-corrected chi connectivity index (χ0v) is 10.2. The quantitative estimate of drug-likeness (QED) is 0.424. The van der Waals surface area contributed by atoms with E-state index in [1.165, 1.54) is 12.8 Å². The molecule has 0 aliphatic carbocycles. The van der Waals surface area contributed by atoms with Crippen LogP contribution in [-0.4, -0.2) is 48.8 Å². The lowest BCUT2D eigenvalue weighted by atomic mass is 10.1. The molecule has 0 aliphatic heterocycles. The molecule has 1 unspecified atom stereocenters. The predicted octanol–water partition coefficient (Wildman–Crippen LogP) is 1.24. The third kappa shape index (κ3) is 7.54. The summed E-state index contributed by atoms with van der Waals surface area (Å²) in [4.78, 5) is 2.26. The van der Waals surface area contributed by atoms with Crippen LogP contribution in [0.2, 0.25) is 0 Å². The summed E-state index contributed by atoms with van der Waals surface area (Å²) in [6, 6.07) is 0.522. The second-order valence-corrected chi connectivity index (χ2v) is 3.85. The molecular formula is C12H26N2O. The molecule has 0 aromatic heterocycles. The first-order valence-corrected chi connectivity index (χ1v) is 5.92. The lowest BCUT2D eigenvalue weighted by Gasteiger charge is -2.27. The minimum Gasteiger partial charge on any atom is -0.395 e. The average molecular weight is 214 g/mol. The third-order valence-electron chi connectivity index (χ3n) is 2.60. The van der Waals surface area contributed by atoms with Gasteiger partial charge in [-0.1, -0.05) is 13.0 Å². The van der Waals surface area contributed by atoms with E-state index >= 15 is 0 Å². The lowest BCUT2D eigenvalue weighted by Crippen LogP contribution is -2.36. The first-order valence-electron chi connectivity index (χ1n) is 5.92. The highest BCUT2D eigenvalue weighted by atomic mass is 16.3. The molecule has 1 atom stereocenters. The molecular weight excluding hydrogens is 188 g/mol. The second-order valence-electron chi connectivity index (χ2n) is 3.85. The van der Waals surface area contributed by atoms with Gasteiger partial charge in [0.05, 0.1) is 6.61 Å². The zero-order chi connectivity index (χ0) is 11.5. The number of rotatable bonds is 10. The maximum Gasteiger partial charge on any atom is 0.0558 e. The van der Waals surface area contributed by atoms with Crippen molar-refractivity contribution in [2.24, 2.45) is 0 Å². The number of hydrogen-bond donors (Lipinski definition) is 2. The molecule has 0 heterocycles. The molecule has 0 fully saturated rings. The molecule has 0 saturated carbocycles. The zero-order valence-electron chi connectivity index (χ0n) is 10.2. The summed E-state index contributed by atoms with van der Waals surface area (Å²) in [5.41, 5.74) is 0. The molecule has 0 spiro atoms. The van der Waals surface area contributed by atoms with E-state index in [-0.39, 0.29) is 6.61 Å². The SMILES string of the molecule is C=CCN(CCO)C(C)CCCNCC. The Labute approximate surface area is 94.2 Å². The van der Waals surface area contributed by atoms with E-state index in [4.69, 9.17) is 5.11 Å². The Hall–Kier alpha value is -0.380. The Morgan fingerprint density at radius 1 is 1.53 bits per heavy atom. The maximum atomic E-state index is 8.93. The summed E-state index contributed by atoms with van der Waals surface area (Å²) in [6.45, 7) is 12.0. The summed E-state index contributed by atoms with van der Waals surface area (Å²) < 4.78 is 0. The standard InChI is InChI=1S/C12H26N2O/c1-4-9-14(10-11-15)12(3)7-6-8-13-5-2/h4,12-13,15H,1,5-11H2,2-3H3. The van der Waals surface area contributed by atoms with Gasteiger partial charge in [-0.2, -0.15) is 0 Å². The van der Waals surface area contributed by atoms with Crippen LogP contribution < -0.4 is 5.32 Å². The smallest absolute Gasteiger partial charge is 0.0558 e. The van der Waals surface area contributed by atoms with Gasteiger partial charge < -0.3 is 10.4 Å². The highest BCUT2D eigenvalue weighted by Crippen LogP contribution is 2.05. The predicted molar refractivity (Wildman–Crippen MR) is 66.1 cm³/mol. The van der Waals surface area contributed by atoms with Crippen LogP contribution in [0.15, 0.2) is 12.7 Å². The van der Waals surface area contributed by atoms with Crippen molar-refractivity contribution >= 4 is 0 Å². The van der Waals surface area contributed by atoms with Gasteiger partial charge in [0, 0.05) is 19.1 Å². The Morgan fingerprint density at radius 3 is 2.80 bits per heavy atom. The van der Waals surface area contributed by atoms with Crippen LogP contribution in [0.25, 0.3) is 0 Å². The fraction of sp³-hybridized carbons (Fsp3) is 0.833. The molecule has 0 bridgehead atoms. The lowest BCUT2D eigenvalue weighted by molar-refractivity contribution is 0.165. The van der Waals surface area contributed by atoms with Crippen LogP contribution in [0, 0.1) is 0 Å². The van der Waals surface area contributed by atoms with Crippen molar-refractivity contribution in [1.29, 1.82) is 0 Å². The molecule has 3 heteroatoms. The van der Waals surface area contributed by atoms with Gasteiger partial charge in [-0.15, -0.1) is 6.58 Å². The Bertz CT molecular complexity index is 151. The van der Waals surface area contributed by atoms with E-state index in [0.29, 0.717) is 6.04 Å². The van der Waals surface area contributed by atoms with Crippen molar-refractivity contribution in [3.05, 3.63) is 12.7 Å². The number of nitrogens with one attached hydrogen (secondary N) is 1. The summed E-state index contributed by atoms with van der Waals surface area (Å²) in [6.07, 6.45) is 4.26. The fourth-order valence-corrected chi connectivity index (χ4v) is 1.67. The largest absolute Gasteiger partial charge is 0.395 e. The van der Waals surface area contributed by atoms with Gasteiger partial charge in [-0.3, -0.25) is 4.90 Å². The highest BCUT2D eigenvalue weighted by Gasteiger charge is 2.10. The number of nitrogens with zero attached hydrogens (tertiary/aromatic N) is 1. The van der Waals surface area contributed by atoms with Crippen molar-refractivity contribution in [2.45, 2.75) is 32.7 Å². The van der Waals surface area contributed by atoms with E-state index in [0.717, 1.165) is 26.2 Å². The molecule has 3 nitrogen and oxygen atoms in total. The van der Waals surface area contributed by atoms with Gasteiger partial charge in [-0.05, 0) is 32.9 Å². The molecule has 2 N–H and O–H groups in total. The van der Waals surface area contributed by atoms with E-state index in [1.807, 2.05) is 6.08 Å². The molecule has 0 aromatic rings. The monoisotopic (exact) mass is 214 g/mol. The summed E-state index contributed by atoms with van der Waals surface area (Å²) in [7, 11) is 0. The molecule has 0 aromatic carbocycles. The summed E-state index contributed by atoms with van der Waals surface area (Å²) in [5, 5.41) is 12.3. The third-order valence-corrected chi connectivity index (χ3v) is 2.60. The van der Waals surface area contributed by atoms with Crippen LogP contribution >= 0.6 is 0 Å². The second kappa shape index (κ2) is 10.1. The van der Waals surface area contributed by atoms with Gasteiger partial charge in [0.25, 0.3) is 0 Å². The first-order chi connectivity index (χ1) is 7.26. The van der Waals surface area contributed by atoms with Crippen LogP contribution in [0.5, 0.6) is 0 Å². The van der Waals surface area contributed by atoms with Gasteiger partial charge in [0.1, 0.15) is 0 Å². The van der Waals surface area contributed by atoms with Crippen LogP contribution in [-0.2, 0) is 0 Å². The normalized spacial score (nSPS) is 13.1. The fourth-order valence-electron chi connectivity index (χ4n) is 1.67. The summed E-state index contributed by atoms with van der Waals surface area (Å²) >= 11 is 0. The molecule has 90 valence electrons. The van der Waals surface area contributed by atoms with Gasteiger partial charge in [0.15, 0.2) is 0 Å². The molecule has 0 aliphatic rings. The van der Waals surface area contributed by atoms with Crippen molar-refractivity contribution in [3.8, 4) is 0 Å². The van der Waals surface area contributed by atoms with Crippen molar-refractivity contribution in [2.75, 3.05) is 32.8 Å². The Morgan fingerprint density at radius 2 is 2.27 bits per heavy atom. The minimum atomic E-state index is 0.228. The van der Waals surface area contributed by atoms with Crippen molar-refractivity contribution < 1.29 is 5.11 Å². The van der Waals surface area contributed by atoms with E-state index in [2.05, 4.69) is 30.6 Å². The summed E-state index contributed by atoms with van der Waals surface area (Å²) in [5.74, 6) is 0. The number of aliphatic hydroxyl groups excluding tert-OH is 1. The van der Waals surface area contributed by atoms with Crippen LogP contribution in [0.3, 0.4) is 0 Å². The molecule has 15 heavy (non-hydrogen) atoms. The average Bonchev–Trinajstić information content (AvgIpc) is 2.24. The van der Waals surface area contributed by atoms with Crippen molar-refractivity contribution in [1.82, 2.24) is 10.2 Å². The van der Waals surface area contributed by atoms with Crippen molar-refractivity contribution in [3.63, 3.8) is 0 Å². The number of hydrogen-bond acceptors (Lipinski definition) is 3. The van der Waals surface area contributed by atoms with Crippen LogP contribution in [0.1, 0.15) is 26.7 Å². The van der Waals surface area contributed by atoms with Gasteiger partial charge >= 0.3 is 0 Å². The maximum absolute atomic E-state index is 8.93. The van der Waals surface area contributed by atoms with Crippen LogP contribution in [0.4, 0.5) is 0 Å². The Balaban J connectivity index is 3.69. The first kappa shape index (κ1) is 14.6. The van der Waals surface area contributed by atoms with E-state index < -0.39 is 0 Å². The molecule has 0 amide bonds. The molecule has 0 saturated heterocycles. The van der Waals surface area contributed by atoms with E-state index in [1.54, 1.807) is 0 Å². The molecule has 0 radical (unpaired) electrons. The molecule has 0 rings (SSSR count). The number of aliphatic hydroxyl groups is 1. The Kier molecular flexibility index (Phi) is 9.89. The minimum absolute atomic E-state index is 0.228. The van der Waals surface area contributed by atoms with Gasteiger partial charge in [0.2, 0.25) is 0 Å². The van der Waals surface area contributed by atoms with E-state index in [9.17, 15) is 0 Å². The highest BCUT2D eigenvalue weighted by molar-refractivity contribution is 4.77. The van der Waals surface area contributed by atoms with Gasteiger partial charge in [-0.25, -0.2) is 0 Å².